The van der Waals surface area contributed by atoms with Crippen LogP contribution in [0, 0.1) is 10.8 Å². The number of ether oxygens (including phenoxy) is 5. The maximum absolute atomic E-state index is 13.5. The highest BCUT2D eigenvalue weighted by Crippen LogP contribution is 2.38. The van der Waals surface area contributed by atoms with E-state index in [-0.39, 0.29) is 69.9 Å². The molecule has 0 saturated heterocycles. The van der Waals surface area contributed by atoms with Crippen LogP contribution in [0.25, 0.3) is 0 Å². The lowest BCUT2D eigenvalue weighted by atomic mass is 9.73. The molecule has 270 valence electrons. The van der Waals surface area contributed by atoms with E-state index in [2.05, 4.69) is 26.3 Å². The molecule has 11 nitrogen and oxygen atoms in total. The summed E-state index contributed by atoms with van der Waals surface area (Å²) in [4.78, 5) is 77.4. The van der Waals surface area contributed by atoms with Crippen molar-refractivity contribution in [3.8, 4) is 0 Å². The van der Waals surface area contributed by atoms with Crippen LogP contribution in [0.4, 0.5) is 0 Å². The van der Waals surface area contributed by atoms with E-state index in [0.29, 0.717) is 49.7 Å². The lowest BCUT2D eigenvalue weighted by Gasteiger charge is -2.30. The molecular weight excluding hydrogens is 620 g/mol. The zero-order chi connectivity index (χ0) is 36.9. The van der Waals surface area contributed by atoms with Crippen LogP contribution >= 0.6 is 0 Å². The number of Topliss-reactive ketones (excluding diaryl/α,β-unsaturated/α-hetero) is 1. The average molecular weight is 677 g/mol. The van der Waals surface area contributed by atoms with E-state index in [4.69, 9.17) is 23.7 Å². The predicted octanol–water partition coefficient (Wildman–Crippen LogP) is 6.49. The summed E-state index contributed by atoms with van der Waals surface area (Å²) in [5, 5.41) is 0. The number of hydrogen-bond donors (Lipinski definition) is 0. The molecule has 0 aromatic carbocycles. The van der Waals surface area contributed by atoms with Gasteiger partial charge in [0.25, 0.3) is 0 Å². The first kappa shape index (κ1) is 44.0. The van der Waals surface area contributed by atoms with E-state index in [1.165, 1.54) is 6.92 Å². The van der Waals surface area contributed by atoms with E-state index < -0.39 is 46.5 Å². The minimum atomic E-state index is -1.84. The molecule has 0 bridgehead atoms. The van der Waals surface area contributed by atoms with Gasteiger partial charge in [-0.15, -0.1) is 0 Å². The Hall–Kier alpha value is -4.02. The largest absolute Gasteiger partial charge is 0.465 e. The smallest absolute Gasteiger partial charge is 0.333 e. The van der Waals surface area contributed by atoms with Crippen molar-refractivity contribution in [2.75, 3.05) is 33.0 Å². The van der Waals surface area contributed by atoms with Gasteiger partial charge in [-0.3, -0.25) is 19.2 Å². The average Bonchev–Trinajstić information content (AvgIpc) is 3.04. The highest BCUT2D eigenvalue weighted by Gasteiger charge is 2.50. The van der Waals surface area contributed by atoms with Crippen LogP contribution in [0.15, 0.2) is 48.6 Å². The van der Waals surface area contributed by atoms with Crippen LogP contribution in [0.3, 0.4) is 0 Å². The van der Waals surface area contributed by atoms with Crippen molar-refractivity contribution in [2.24, 2.45) is 10.8 Å². The molecule has 11 heteroatoms. The fraction of sp³-hybridized carbons (Fsp3) is 0.622. The third-order valence-electron chi connectivity index (χ3n) is 7.89. The van der Waals surface area contributed by atoms with Gasteiger partial charge in [0.15, 0.2) is 5.41 Å². The Kier molecular flexibility index (Phi) is 20.6. The molecule has 0 amide bonds. The van der Waals surface area contributed by atoms with E-state index in [0.717, 1.165) is 0 Å². The highest BCUT2D eigenvalue weighted by atomic mass is 16.6. The molecular formula is C37H56O11. The lowest BCUT2D eigenvalue weighted by Crippen LogP contribution is -2.43. The maximum atomic E-state index is 13.5. The van der Waals surface area contributed by atoms with Crippen LogP contribution in [-0.2, 0) is 52.5 Å². The van der Waals surface area contributed by atoms with E-state index in [9.17, 15) is 28.8 Å². The van der Waals surface area contributed by atoms with Gasteiger partial charge < -0.3 is 23.7 Å². The molecule has 0 radical (unpaired) electrons. The van der Waals surface area contributed by atoms with E-state index in [1.54, 1.807) is 20.8 Å². The number of hydrogen-bond acceptors (Lipinski definition) is 11. The number of allylic oxidation sites excluding steroid dienone is 2. The maximum Gasteiger partial charge on any atom is 0.333 e. The molecule has 0 rings (SSSR count). The number of ketones is 1. The van der Waals surface area contributed by atoms with Crippen molar-refractivity contribution in [3.63, 3.8) is 0 Å². The summed E-state index contributed by atoms with van der Waals surface area (Å²) in [6, 6.07) is 0. The molecule has 0 aromatic heterocycles. The number of carbonyl (C=O) groups is 6. The topological polar surface area (TPSA) is 149 Å². The summed E-state index contributed by atoms with van der Waals surface area (Å²) in [5.41, 5.74) is -2.28. The molecule has 0 spiro atoms. The van der Waals surface area contributed by atoms with Gasteiger partial charge in [-0.1, -0.05) is 51.3 Å². The Balaban J connectivity index is 5.41. The molecule has 2 atom stereocenters. The molecule has 48 heavy (non-hydrogen) atoms. The number of rotatable bonds is 26. The normalized spacial score (nSPS) is 13.1. The van der Waals surface area contributed by atoms with E-state index >= 15 is 0 Å². The van der Waals surface area contributed by atoms with Crippen molar-refractivity contribution in [2.45, 2.75) is 106 Å². The van der Waals surface area contributed by atoms with Crippen molar-refractivity contribution in [1.29, 1.82) is 0 Å². The lowest BCUT2D eigenvalue weighted by molar-refractivity contribution is -0.173. The number of unbranched alkanes of at least 4 members (excludes halogenated alkanes) is 3. The molecule has 0 saturated carbocycles. The molecule has 0 aliphatic carbocycles. The summed E-state index contributed by atoms with van der Waals surface area (Å²) in [7, 11) is 0. The van der Waals surface area contributed by atoms with Gasteiger partial charge >= 0.3 is 29.8 Å². The summed E-state index contributed by atoms with van der Waals surface area (Å²) < 4.78 is 26.3. The molecule has 2 unspecified atom stereocenters. The first-order valence-corrected chi connectivity index (χ1v) is 16.7. The summed E-state index contributed by atoms with van der Waals surface area (Å²) >= 11 is 0. The van der Waals surface area contributed by atoms with Crippen LogP contribution < -0.4 is 0 Å². The molecule has 0 aliphatic rings. The number of carbonyl (C=O) groups excluding carboxylic acids is 6. The quantitative estimate of drug-likeness (QED) is 0.0247. The summed E-state index contributed by atoms with van der Waals surface area (Å²) in [6.07, 6.45) is 2.49. The third-order valence-corrected chi connectivity index (χ3v) is 7.89. The Morgan fingerprint density at radius 2 is 0.833 bits per heavy atom. The minimum Gasteiger partial charge on any atom is -0.465 e. The highest BCUT2D eigenvalue weighted by molar-refractivity contribution is 6.05. The van der Waals surface area contributed by atoms with Gasteiger partial charge in [0.2, 0.25) is 0 Å². The second-order valence-corrected chi connectivity index (χ2v) is 11.7. The van der Waals surface area contributed by atoms with Crippen LogP contribution in [0.2, 0.25) is 0 Å². The first-order chi connectivity index (χ1) is 22.6. The monoisotopic (exact) mass is 676 g/mol. The molecule has 0 heterocycles. The first-order valence-electron chi connectivity index (χ1n) is 16.7. The summed E-state index contributed by atoms with van der Waals surface area (Å²) in [6.45, 7) is 25.5. The summed E-state index contributed by atoms with van der Waals surface area (Å²) in [5.74, 6) is -4.28. The fourth-order valence-electron chi connectivity index (χ4n) is 4.91. The minimum absolute atomic E-state index is 0.00126. The second kappa shape index (κ2) is 22.5. The van der Waals surface area contributed by atoms with Gasteiger partial charge in [-0.2, -0.15) is 0 Å². The Morgan fingerprint density at radius 1 is 0.479 bits per heavy atom. The second-order valence-electron chi connectivity index (χ2n) is 11.7. The standard InChI is InChI=1S/C37H56O11/c1-11-26(6)22-36(30(10)38,24-28(8)31(39)44-13-3)33(41)47-20-18-16-17-19-21-48-35(43)37(23-27(7)12-2,34(42)46-15-5)25-29(9)32(40)45-14-4/h6-9,11-25H2,1-5,10H3. The fourth-order valence-corrected chi connectivity index (χ4v) is 4.91. The van der Waals surface area contributed by atoms with Gasteiger partial charge in [-0.05, 0) is 79.1 Å². The Bertz CT molecular complexity index is 1200. The Labute approximate surface area is 286 Å². The van der Waals surface area contributed by atoms with Crippen molar-refractivity contribution in [3.05, 3.63) is 48.6 Å². The Morgan fingerprint density at radius 3 is 1.21 bits per heavy atom. The molecule has 0 aliphatic heterocycles. The number of esters is 5. The van der Waals surface area contributed by atoms with Crippen LogP contribution in [0.1, 0.15) is 106 Å². The van der Waals surface area contributed by atoms with Crippen molar-refractivity contribution < 1.29 is 52.5 Å². The zero-order valence-electron chi connectivity index (χ0n) is 29.9. The van der Waals surface area contributed by atoms with Crippen LogP contribution in [-0.4, -0.2) is 68.7 Å². The molecule has 0 fully saturated rings. The van der Waals surface area contributed by atoms with Crippen molar-refractivity contribution >= 4 is 35.6 Å². The van der Waals surface area contributed by atoms with E-state index in [1.807, 2.05) is 13.8 Å². The predicted molar refractivity (Wildman–Crippen MR) is 181 cm³/mol. The molecule has 0 aromatic rings. The van der Waals surface area contributed by atoms with Crippen molar-refractivity contribution in [1.82, 2.24) is 0 Å². The van der Waals surface area contributed by atoms with Gasteiger partial charge in [0.05, 0.1) is 33.0 Å². The third kappa shape index (κ3) is 13.6. The van der Waals surface area contributed by atoms with Gasteiger partial charge in [0.1, 0.15) is 11.2 Å². The van der Waals surface area contributed by atoms with Gasteiger partial charge in [0, 0.05) is 24.0 Å². The van der Waals surface area contributed by atoms with Crippen LogP contribution in [0.5, 0.6) is 0 Å². The SMILES string of the molecule is C=C(CC)CC(CC(=C)C(=O)OCC)(C(C)=O)C(=O)OCCCCCCOC(=O)C(CC(=C)CC)(CC(=C)C(=O)OCC)C(=O)OCC. The molecule has 0 N–H and O–H groups in total. The van der Waals surface area contributed by atoms with Gasteiger partial charge in [-0.25, -0.2) is 9.59 Å². The zero-order valence-corrected chi connectivity index (χ0v) is 29.9.